The second kappa shape index (κ2) is 8.73. The largest absolute Gasteiger partial charge is 0.344 e. The Balaban J connectivity index is 1.73. The third-order valence-electron chi connectivity index (χ3n) is 5.88. The van der Waals surface area contributed by atoms with Crippen molar-refractivity contribution in [2.45, 2.75) is 17.0 Å². The number of rotatable bonds is 4. The van der Waals surface area contributed by atoms with E-state index in [9.17, 15) is 8.42 Å². The zero-order valence-corrected chi connectivity index (χ0v) is 20.4. The Morgan fingerprint density at radius 2 is 1.18 bits per heavy atom. The van der Waals surface area contributed by atoms with Crippen molar-refractivity contribution < 1.29 is 8.42 Å². The molecule has 2 atom stereocenters. The van der Waals surface area contributed by atoms with E-state index in [1.54, 1.807) is 24.3 Å². The van der Waals surface area contributed by atoms with Crippen molar-refractivity contribution in [1.82, 2.24) is 9.21 Å². The molecule has 1 fully saturated rings. The minimum atomic E-state index is -3.91. The van der Waals surface area contributed by atoms with Crippen molar-refractivity contribution in [3.63, 3.8) is 0 Å². The van der Waals surface area contributed by atoms with Gasteiger partial charge in [0.15, 0.2) is 0 Å². The first kappa shape index (κ1) is 22.4. The molecule has 0 spiro atoms. The Morgan fingerprint density at radius 1 is 0.697 bits per heavy atom. The lowest BCUT2D eigenvalue weighted by molar-refractivity contribution is 0.305. The van der Waals surface area contributed by atoms with Crippen LogP contribution in [0.2, 0.25) is 15.1 Å². The Morgan fingerprint density at radius 3 is 1.73 bits per heavy atom. The summed E-state index contributed by atoms with van der Waals surface area (Å²) in [4.78, 5) is 2.29. The zero-order valence-electron chi connectivity index (χ0n) is 17.3. The molecule has 0 N–H and O–H groups in total. The van der Waals surface area contributed by atoms with Crippen LogP contribution < -0.4 is 0 Å². The van der Waals surface area contributed by atoms with Crippen LogP contribution in [0.1, 0.15) is 23.2 Å². The molecule has 0 radical (unpaired) electrons. The molecule has 0 saturated carbocycles. The average Bonchev–Trinajstić information content (AvgIpc) is 3.16. The van der Waals surface area contributed by atoms with E-state index in [0.717, 1.165) is 11.1 Å². The second-order valence-corrected chi connectivity index (χ2v) is 11.0. The molecule has 1 saturated heterocycles. The number of halogens is 3. The Labute approximate surface area is 208 Å². The minimum absolute atomic E-state index is 0.179. The molecule has 0 aliphatic carbocycles. The number of hydrogen-bond donors (Lipinski definition) is 0. The predicted octanol–water partition coefficient (Wildman–Crippen LogP) is 6.85. The molecule has 0 bridgehead atoms. The molecular formula is C25H19Cl3N2O2S. The fraction of sp³-hybridized carbons (Fsp3) is 0.120. The third kappa shape index (κ3) is 4.04. The smallest absolute Gasteiger partial charge is 0.266 e. The van der Waals surface area contributed by atoms with Gasteiger partial charge in [0.05, 0.1) is 17.0 Å². The maximum Gasteiger partial charge on any atom is 0.266 e. The van der Waals surface area contributed by atoms with Gasteiger partial charge in [0, 0.05) is 21.6 Å². The number of sulfonamides is 1. The predicted molar refractivity (Wildman–Crippen MR) is 133 cm³/mol. The lowest BCUT2D eigenvalue weighted by Gasteiger charge is -2.29. The van der Waals surface area contributed by atoms with Crippen molar-refractivity contribution in [3.8, 4) is 0 Å². The second-order valence-electron chi connectivity index (χ2n) is 7.85. The van der Waals surface area contributed by atoms with Crippen LogP contribution in [-0.4, -0.2) is 24.2 Å². The molecule has 168 valence electrons. The van der Waals surface area contributed by atoms with Gasteiger partial charge in [-0.1, -0.05) is 71.2 Å². The minimum Gasteiger partial charge on any atom is -0.344 e. The van der Waals surface area contributed by atoms with Gasteiger partial charge in [0.1, 0.15) is 5.82 Å². The first-order valence-corrected chi connectivity index (χ1v) is 12.9. The van der Waals surface area contributed by atoms with Crippen LogP contribution in [0.15, 0.2) is 102 Å². The van der Waals surface area contributed by atoms with E-state index in [4.69, 9.17) is 34.8 Å². The van der Waals surface area contributed by atoms with Crippen LogP contribution in [0.4, 0.5) is 0 Å². The number of allylic oxidation sites excluding steroid dienone is 2. The van der Waals surface area contributed by atoms with Crippen LogP contribution in [0, 0.1) is 0 Å². The highest BCUT2D eigenvalue weighted by Crippen LogP contribution is 2.52. The number of fused-ring (bicyclic) bond motifs is 1. The zero-order chi connectivity index (χ0) is 23.2. The van der Waals surface area contributed by atoms with Gasteiger partial charge in [-0.25, -0.2) is 12.7 Å². The van der Waals surface area contributed by atoms with Gasteiger partial charge in [-0.3, -0.25) is 0 Å². The monoisotopic (exact) mass is 516 g/mol. The Bertz CT molecular complexity index is 1340. The summed E-state index contributed by atoms with van der Waals surface area (Å²) in [7, 11) is -3.91. The van der Waals surface area contributed by atoms with Crippen molar-refractivity contribution >= 4 is 44.8 Å². The van der Waals surface area contributed by atoms with Gasteiger partial charge in [-0.2, -0.15) is 0 Å². The molecule has 0 unspecified atom stereocenters. The van der Waals surface area contributed by atoms with Gasteiger partial charge in [0.25, 0.3) is 10.0 Å². The molecule has 33 heavy (non-hydrogen) atoms. The van der Waals surface area contributed by atoms with E-state index >= 15 is 0 Å². The fourth-order valence-corrected chi connectivity index (χ4v) is 6.44. The van der Waals surface area contributed by atoms with Gasteiger partial charge >= 0.3 is 0 Å². The standard InChI is InChI=1S/C25H19Cl3N2O2S/c26-19-8-4-17(5-9-19)24-25(18-6-10-20(27)11-7-18)30(23-3-1-2-16-29(23)24)33(31,32)22-14-12-21(28)13-15-22/h1-15,24-25H,16H2/t24-,25+/m0/s1. The molecule has 2 aliphatic rings. The van der Waals surface area contributed by atoms with Gasteiger partial charge in [-0.15, -0.1) is 0 Å². The lowest BCUT2D eigenvalue weighted by atomic mass is 9.94. The van der Waals surface area contributed by atoms with Gasteiger partial charge in [0.2, 0.25) is 0 Å². The molecule has 3 aromatic carbocycles. The summed E-state index contributed by atoms with van der Waals surface area (Å²) in [5.41, 5.74) is 1.81. The van der Waals surface area contributed by atoms with Gasteiger partial charge in [-0.05, 0) is 65.7 Å². The third-order valence-corrected chi connectivity index (χ3v) is 8.44. The average molecular weight is 518 g/mol. The Hall–Kier alpha value is -2.44. The molecule has 0 aromatic heterocycles. The number of hydrogen-bond acceptors (Lipinski definition) is 3. The first-order chi connectivity index (χ1) is 15.9. The highest BCUT2D eigenvalue weighted by Gasteiger charge is 2.50. The van der Waals surface area contributed by atoms with E-state index < -0.39 is 16.1 Å². The molecule has 3 aromatic rings. The summed E-state index contributed by atoms with van der Waals surface area (Å²) in [5, 5.41) is 1.69. The SMILES string of the molecule is O=S(=O)(c1ccc(Cl)cc1)N1C2=CC=CCN2[C@@H](c2ccc(Cl)cc2)[C@H]1c1ccc(Cl)cc1. The lowest BCUT2D eigenvalue weighted by Crippen LogP contribution is -2.31. The highest BCUT2D eigenvalue weighted by molar-refractivity contribution is 7.89. The molecule has 4 nitrogen and oxygen atoms in total. The number of benzene rings is 3. The number of nitrogens with zero attached hydrogens (tertiary/aromatic N) is 2. The molecule has 0 amide bonds. The maximum atomic E-state index is 14.0. The molecule has 5 rings (SSSR count). The van der Waals surface area contributed by atoms with Crippen LogP contribution in [-0.2, 0) is 10.0 Å². The van der Waals surface area contributed by atoms with E-state index in [1.165, 1.54) is 16.4 Å². The van der Waals surface area contributed by atoms with Crippen molar-refractivity contribution in [3.05, 3.63) is 123 Å². The van der Waals surface area contributed by atoms with E-state index in [-0.39, 0.29) is 10.9 Å². The van der Waals surface area contributed by atoms with Crippen molar-refractivity contribution in [2.24, 2.45) is 0 Å². The molecule has 2 aliphatic heterocycles. The van der Waals surface area contributed by atoms with E-state index in [2.05, 4.69) is 4.90 Å². The summed E-state index contributed by atoms with van der Waals surface area (Å²) >= 11 is 18.3. The summed E-state index contributed by atoms with van der Waals surface area (Å²) in [5.74, 6) is 0.618. The normalized spacial score (nSPS) is 20.0. The summed E-state index contributed by atoms with van der Waals surface area (Å²) in [6.45, 7) is 0.579. The molecule has 2 heterocycles. The fourth-order valence-electron chi connectivity index (χ4n) is 4.41. The van der Waals surface area contributed by atoms with Crippen LogP contribution in [0.25, 0.3) is 0 Å². The van der Waals surface area contributed by atoms with Gasteiger partial charge < -0.3 is 4.90 Å². The van der Waals surface area contributed by atoms with E-state index in [0.29, 0.717) is 27.4 Å². The van der Waals surface area contributed by atoms with Crippen molar-refractivity contribution in [2.75, 3.05) is 6.54 Å². The quantitative estimate of drug-likeness (QED) is 0.380. The molecule has 8 heteroatoms. The summed E-state index contributed by atoms with van der Waals surface area (Å²) < 4.78 is 29.6. The van der Waals surface area contributed by atoms with Crippen LogP contribution in [0.3, 0.4) is 0 Å². The Kier molecular flexibility index (Phi) is 5.91. The van der Waals surface area contributed by atoms with Crippen LogP contribution in [0.5, 0.6) is 0 Å². The summed E-state index contributed by atoms with van der Waals surface area (Å²) in [6.07, 6.45) is 5.75. The van der Waals surface area contributed by atoms with E-state index in [1.807, 2.05) is 54.6 Å². The maximum absolute atomic E-state index is 14.0. The molecular weight excluding hydrogens is 499 g/mol. The van der Waals surface area contributed by atoms with Crippen LogP contribution >= 0.6 is 34.8 Å². The topological polar surface area (TPSA) is 40.6 Å². The highest BCUT2D eigenvalue weighted by atomic mass is 35.5. The van der Waals surface area contributed by atoms with Crippen molar-refractivity contribution in [1.29, 1.82) is 0 Å². The summed E-state index contributed by atoms with van der Waals surface area (Å²) in [6, 6.07) is 20.4. The first-order valence-electron chi connectivity index (χ1n) is 10.3.